The van der Waals surface area contributed by atoms with Crippen molar-refractivity contribution in [3.05, 3.63) is 365 Å². The molecule has 0 amide bonds. The third-order valence-corrected chi connectivity index (χ3v) is 26.7. The van der Waals surface area contributed by atoms with E-state index in [4.69, 9.17) is 27.1 Å². The molecule has 0 aromatic rings. The fourth-order valence-corrected chi connectivity index (χ4v) is 17.4. The zero-order valence-corrected chi connectivity index (χ0v) is 109. The molecule has 16 heteroatoms. The lowest BCUT2D eigenvalue weighted by Gasteiger charge is -2.20. The molecule has 150 heavy (non-hydrogen) atoms. The van der Waals surface area contributed by atoms with E-state index in [-0.39, 0.29) is 36.6 Å². The largest absolute Gasteiger partial charge is 0.358 e. The first-order chi connectivity index (χ1) is 73.4. The molecule has 852 valence electrons. The van der Waals surface area contributed by atoms with Gasteiger partial charge in [0.15, 0.2) is 0 Å². The van der Waals surface area contributed by atoms with Crippen LogP contribution in [0.25, 0.3) is 0 Å². The van der Waals surface area contributed by atoms with Gasteiger partial charge in [-0.3, -0.25) is 0 Å². The number of unbranched alkanes of at least 4 members (excludes halogenated alkanes) is 22. The van der Waals surface area contributed by atoms with E-state index in [1.165, 1.54) is 180 Å². The summed E-state index contributed by atoms with van der Waals surface area (Å²) in [4.78, 5) is 0. The van der Waals surface area contributed by atoms with Gasteiger partial charge in [0.25, 0.3) is 0 Å². The summed E-state index contributed by atoms with van der Waals surface area (Å²) < 4.78 is 33.6. The summed E-state index contributed by atoms with van der Waals surface area (Å²) >= 11 is 0. The Kier molecular flexibility index (Phi) is 148. The third kappa shape index (κ3) is 138. The molecular formula is C134H230O6P10. The highest BCUT2D eigenvalue weighted by molar-refractivity contribution is 8.41. The molecule has 0 aliphatic heterocycles. The van der Waals surface area contributed by atoms with E-state index in [1.54, 1.807) is 0 Å². The van der Waals surface area contributed by atoms with Gasteiger partial charge in [0, 0.05) is 49.7 Å². The molecular weight excluding hydrogens is 2020 g/mol. The van der Waals surface area contributed by atoms with Crippen LogP contribution in [0.3, 0.4) is 0 Å². The highest BCUT2D eigenvalue weighted by atomic mass is 32.4. The minimum atomic E-state index is -0.531. The van der Waals surface area contributed by atoms with Gasteiger partial charge in [-0.05, 0) is 192 Å². The summed E-state index contributed by atoms with van der Waals surface area (Å²) in [5, 5.41) is 0. The summed E-state index contributed by atoms with van der Waals surface area (Å²) in [7, 11) is 19.3. The molecule has 0 heterocycles. The summed E-state index contributed by atoms with van der Waals surface area (Å²) in [6, 6.07) is 0. The van der Waals surface area contributed by atoms with Crippen LogP contribution in [-0.2, 0) is 27.1 Å². The quantitative estimate of drug-likeness (QED) is 0.0262. The minimum absolute atomic E-state index is 0.116. The second-order valence-corrected chi connectivity index (χ2v) is 50.1. The van der Waals surface area contributed by atoms with E-state index in [0.717, 1.165) is 128 Å². The Morgan fingerprint density at radius 2 is 0.400 bits per heavy atom. The maximum absolute atomic E-state index is 5.99. The normalized spacial score (nSPS) is 15.2. The molecule has 18 unspecified atom stereocenters. The monoisotopic (exact) mass is 2250 g/mol. The van der Waals surface area contributed by atoms with Gasteiger partial charge in [0.2, 0.25) is 0 Å². The Balaban J connectivity index is -0.000000415. The molecule has 0 bridgehead atoms. The van der Waals surface area contributed by atoms with Crippen LogP contribution >= 0.6 is 88.6 Å². The molecule has 0 aromatic carbocycles. The zero-order valence-electron chi connectivity index (χ0n) is 98.3. The fourth-order valence-electron chi connectivity index (χ4n) is 13.8. The maximum Gasteiger partial charge on any atom is 0.0867 e. The second kappa shape index (κ2) is 141. The number of allylic oxidation sites excluding steroid dienone is 50. The Morgan fingerprint density at radius 3 is 0.667 bits per heavy atom. The van der Waals surface area contributed by atoms with Gasteiger partial charge in [0.05, 0.1) is 51.7 Å². The van der Waals surface area contributed by atoms with Gasteiger partial charge in [0.1, 0.15) is 0 Å². The molecule has 18 atom stereocenters. The first kappa shape index (κ1) is 157. The van der Waals surface area contributed by atoms with Crippen LogP contribution in [0.1, 0.15) is 419 Å². The molecule has 0 aliphatic carbocycles. The minimum Gasteiger partial charge on any atom is -0.358 e. The molecule has 0 aromatic heterocycles. The zero-order chi connectivity index (χ0) is 112. The standard InChI is InChI=1S/2C23H38.2C22H40O2P4.2C22H37OP/c2*1-4-6-8-9-10-11-12-13-14-15-16-17-18-20-22-23(3)21-19-7-5-2;2*1-4-6-8-14-17-21(23-25)18-15-12-10-9-11-13-16-20(3)22(19-7-5-2)24-28(26)27;2*1-3-5-7-9-11-12-13-14-15-17-19-21-22(23-24)20-18-16-10-8-6-4-2/h2*7,11-12,14-15,17-20,22-23H,4-6,8-10,13,16,21H2,1-3H3;2*7,9-13,15-16,18-22H,4-6,8,14,17,25-27H2,1-3H3;2*6,8,12-13,15-19,21-22H,3-5,7,9-11,14,20,24H2,1-2H3/b12-11-,15-14-,18-17-,19-7-,22-20+;;11-9+,12-10-,16-13+,18-15+,19-7-;;8-6-,13-12-,17-15-,18-16-,21-19+;. The van der Waals surface area contributed by atoms with Crippen LogP contribution in [-0.4, -0.2) is 36.6 Å². The van der Waals surface area contributed by atoms with Gasteiger partial charge in [-0.1, -0.05) is 639 Å². The maximum atomic E-state index is 5.99. The molecule has 6 nitrogen and oxygen atoms in total. The van der Waals surface area contributed by atoms with Crippen molar-refractivity contribution < 1.29 is 27.1 Å². The van der Waals surface area contributed by atoms with E-state index in [9.17, 15) is 0 Å². The molecule has 0 fully saturated rings. The first-order valence-electron chi connectivity index (χ1n) is 58.6. The van der Waals surface area contributed by atoms with Crippen molar-refractivity contribution in [1.82, 2.24) is 0 Å². The van der Waals surface area contributed by atoms with E-state index in [0.29, 0.717) is 23.7 Å². The average molecular weight is 2250 g/mol. The Hall–Kier alpha value is -3.74. The summed E-state index contributed by atoms with van der Waals surface area (Å²) in [5.41, 5.74) is 0. The molecule has 0 N–H and O–H groups in total. The first-order valence-corrected chi connectivity index (χ1v) is 69.5. The van der Waals surface area contributed by atoms with Gasteiger partial charge >= 0.3 is 0 Å². The SMILES string of the molecule is CC/C=C\C(OP(P)P)C(C)/C=C/C=C/C=C\C=C\C(CCCCCC)OP.CC/C=C\C/C=C\CC(/C=C/C=C\C/C=C\CCCCCC)OP.CC/C=C\CC(C)/C=C/C=C\C/C=C\C/C=C\CCCCCC.CCC=CC(OP(P)P)C(C)C=CC=CC=CC=CC(CCCCCC)OP.CCC=CCC(C)C=CC=CCC=CCC=CCCCCCC.CCC=CCC=CCC(C=CC=CCC=CCCCCCC)OP. The lowest BCUT2D eigenvalue weighted by Crippen LogP contribution is -2.14. The fraction of sp³-hybridized carbons (Fsp3) is 0.552. The summed E-state index contributed by atoms with van der Waals surface area (Å²) in [5.74, 6) is 1.91. The molecule has 0 aliphatic rings. The second-order valence-electron chi connectivity index (χ2n) is 37.4. The van der Waals surface area contributed by atoms with E-state index >= 15 is 0 Å². The van der Waals surface area contributed by atoms with Crippen molar-refractivity contribution in [1.29, 1.82) is 0 Å². The summed E-state index contributed by atoms with van der Waals surface area (Å²) in [6.45, 7) is 35.3. The molecule has 0 radical (unpaired) electrons. The van der Waals surface area contributed by atoms with Crippen molar-refractivity contribution in [3.63, 3.8) is 0 Å². The summed E-state index contributed by atoms with van der Waals surface area (Å²) in [6.07, 6.45) is 189. The van der Waals surface area contributed by atoms with Crippen LogP contribution in [0.5, 0.6) is 0 Å². The van der Waals surface area contributed by atoms with Gasteiger partial charge < -0.3 is 27.1 Å². The Bertz CT molecular complexity index is 3520. The van der Waals surface area contributed by atoms with E-state index in [2.05, 4.69) is 512 Å². The van der Waals surface area contributed by atoms with Crippen molar-refractivity contribution in [3.8, 4) is 0 Å². The van der Waals surface area contributed by atoms with E-state index < -0.39 is 15.1 Å². The highest BCUT2D eigenvalue weighted by Gasteiger charge is 2.16. The van der Waals surface area contributed by atoms with Crippen molar-refractivity contribution in [2.24, 2.45) is 23.7 Å². The smallest absolute Gasteiger partial charge is 0.0867 e. The lowest BCUT2D eigenvalue weighted by molar-refractivity contribution is 0.244. The number of rotatable bonds is 90. The van der Waals surface area contributed by atoms with Crippen LogP contribution in [0, 0.1) is 23.7 Å². The predicted octanol–water partition coefficient (Wildman–Crippen LogP) is 47.5. The van der Waals surface area contributed by atoms with Crippen LogP contribution < -0.4 is 0 Å². The lowest BCUT2D eigenvalue weighted by atomic mass is 10.0. The number of hydrogen-bond donors (Lipinski definition) is 0. The molecule has 0 spiro atoms. The Morgan fingerprint density at radius 1 is 0.187 bits per heavy atom. The Labute approximate surface area is 952 Å². The molecule has 0 rings (SSSR count). The van der Waals surface area contributed by atoms with Gasteiger partial charge in [-0.2, -0.15) is 0 Å². The topological polar surface area (TPSA) is 55.4 Å². The molecule has 0 saturated heterocycles. The third-order valence-electron chi connectivity index (χ3n) is 22.9. The van der Waals surface area contributed by atoms with Crippen LogP contribution in [0.15, 0.2) is 365 Å². The molecule has 0 saturated carbocycles. The van der Waals surface area contributed by atoms with Crippen LogP contribution in [0.2, 0.25) is 0 Å². The predicted molar refractivity (Wildman–Crippen MR) is 721 cm³/mol. The van der Waals surface area contributed by atoms with Gasteiger partial charge in [-0.25, -0.2) is 0 Å². The van der Waals surface area contributed by atoms with Crippen molar-refractivity contribution in [2.45, 2.75) is 456 Å². The van der Waals surface area contributed by atoms with Crippen molar-refractivity contribution in [2.75, 3.05) is 0 Å². The van der Waals surface area contributed by atoms with Crippen LogP contribution in [0.4, 0.5) is 0 Å². The van der Waals surface area contributed by atoms with Crippen molar-refractivity contribution >= 4 is 88.6 Å². The van der Waals surface area contributed by atoms with E-state index in [1.807, 2.05) is 36.5 Å². The average Bonchev–Trinajstić information content (AvgIpc) is 0.931. The highest BCUT2D eigenvalue weighted by Crippen LogP contribution is 2.56. The number of hydrogen-bond acceptors (Lipinski definition) is 6. The van der Waals surface area contributed by atoms with Gasteiger partial charge in [-0.15, -0.1) is 0 Å².